The molecule has 92 valence electrons. The van der Waals surface area contributed by atoms with Crippen LogP contribution in [0.2, 0.25) is 0 Å². The number of carbonyl (C=O) groups is 2. The van der Waals surface area contributed by atoms with Crippen molar-refractivity contribution in [1.82, 2.24) is 4.90 Å². The third kappa shape index (κ3) is 3.58. The predicted molar refractivity (Wildman–Crippen MR) is 73.0 cm³/mol. The van der Waals surface area contributed by atoms with E-state index in [0.717, 1.165) is 8.47 Å². The molecule has 17 heavy (non-hydrogen) atoms. The van der Waals surface area contributed by atoms with Gasteiger partial charge in [-0.05, 0) is 41.6 Å². The number of likely N-dealkylation sites (N-methyl/N-ethyl adjacent to an activating group) is 1. The number of halogens is 1. The molecule has 2 N–H and O–H groups in total. The Bertz CT molecular complexity index is 436. The van der Waals surface area contributed by atoms with Crippen LogP contribution in [-0.4, -0.2) is 35.1 Å². The number of carboxylic acid groups (broad SMARTS) is 1. The predicted octanol–water partition coefficient (Wildman–Crippen LogP) is 2.23. The van der Waals surface area contributed by atoms with E-state index >= 15 is 0 Å². The molecule has 0 saturated carbocycles. The summed E-state index contributed by atoms with van der Waals surface area (Å²) < 4.78 is 0.898. The molecule has 0 bridgehead atoms. The second-order valence-corrected chi connectivity index (χ2v) is 4.70. The molecular formula is C11H13IN2O3. The van der Waals surface area contributed by atoms with Gasteiger partial charge in [-0.3, -0.25) is 0 Å². The fraction of sp³-hybridized carbons (Fsp3) is 0.273. The lowest BCUT2D eigenvalue weighted by Crippen LogP contribution is -2.42. The van der Waals surface area contributed by atoms with Gasteiger partial charge >= 0.3 is 12.0 Å². The number of anilines is 1. The number of aliphatic carboxylic acids is 1. The summed E-state index contributed by atoms with van der Waals surface area (Å²) in [6, 6.07) is 5.98. The Morgan fingerprint density at radius 3 is 2.53 bits per heavy atom. The second kappa shape index (κ2) is 5.85. The minimum absolute atomic E-state index is 0.441. The van der Waals surface area contributed by atoms with Crippen molar-refractivity contribution < 1.29 is 14.7 Å². The summed E-state index contributed by atoms with van der Waals surface area (Å²) in [7, 11) is 1.45. The van der Waals surface area contributed by atoms with Crippen LogP contribution in [0.3, 0.4) is 0 Å². The van der Waals surface area contributed by atoms with Crippen molar-refractivity contribution in [3.8, 4) is 0 Å². The van der Waals surface area contributed by atoms with E-state index in [2.05, 4.69) is 27.9 Å². The lowest BCUT2D eigenvalue weighted by Gasteiger charge is -2.22. The van der Waals surface area contributed by atoms with Crippen LogP contribution in [0.1, 0.15) is 6.92 Å². The average molecular weight is 348 g/mol. The Balaban J connectivity index is 2.73. The topological polar surface area (TPSA) is 69.6 Å². The highest BCUT2D eigenvalue weighted by Crippen LogP contribution is 2.17. The minimum Gasteiger partial charge on any atom is -0.480 e. The Kier molecular flexibility index (Phi) is 4.73. The van der Waals surface area contributed by atoms with Gasteiger partial charge in [-0.15, -0.1) is 0 Å². The highest BCUT2D eigenvalue weighted by Gasteiger charge is 2.21. The number of urea groups is 1. The number of nitrogens with one attached hydrogen (secondary N) is 1. The zero-order chi connectivity index (χ0) is 13.0. The van der Waals surface area contributed by atoms with E-state index in [1.54, 1.807) is 12.1 Å². The molecule has 1 unspecified atom stereocenters. The number of hydrogen-bond acceptors (Lipinski definition) is 2. The highest BCUT2D eigenvalue weighted by molar-refractivity contribution is 14.1. The molecule has 0 fully saturated rings. The van der Waals surface area contributed by atoms with Crippen LogP contribution in [0.5, 0.6) is 0 Å². The number of carboxylic acids is 1. The van der Waals surface area contributed by atoms with E-state index in [1.807, 2.05) is 12.1 Å². The zero-order valence-electron chi connectivity index (χ0n) is 9.48. The maximum atomic E-state index is 11.8. The molecule has 1 rings (SSSR count). The zero-order valence-corrected chi connectivity index (χ0v) is 11.6. The van der Waals surface area contributed by atoms with Crippen molar-refractivity contribution >= 4 is 40.3 Å². The first-order chi connectivity index (χ1) is 7.93. The monoisotopic (exact) mass is 348 g/mol. The van der Waals surface area contributed by atoms with Crippen LogP contribution in [0.25, 0.3) is 0 Å². The van der Waals surface area contributed by atoms with Gasteiger partial charge in [-0.1, -0.05) is 12.1 Å². The molecule has 0 aromatic heterocycles. The molecule has 1 aromatic rings. The number of carbonyl (C=O) groups excluding carboxylic acids is 1. The summed E-state index contributed by atoms with van der Waals surface area (Å²) in [6.07, 6.45) is 0. The highest BCUT2D eigenvalue weighted by atomic mass is 127. The SMILES string of the molecule is CC(C(=O)O)N(C)C(=O)Nc1ccccc1I. The Morgan fingerprint density at radius 1 is 1.41 bits per heavy atom. The van der Waals surface area contributed by atoms with Gasteiger partial charge in [0.1, 0.15) is 6.04 Å². The number of rotatable bonds is 3. The van der Waals surface area contributed by atoms with Crippen molar-refractivity contribution in [1.29, 1.82) is 0 Å². The summed E-state index contributed by atoms with van der Waals surface area (Å²) in [5.74, 6) is -1.04. The molecule has 6 heteroatoms. The lowest BCUT2D eigenvalue weighted by molar-refractivity contribution is -0.141. The van der Waals surface area contributed by atoms with Gasteiger partial charge in [-0.25, -0.2) is 9.59 Å². The molecule has 1 aromatic carbocycles. The fourth-order valence-electron chi connectivity index (χ4n) is 1.11. The summed E-state index contributed by atoms with van der Waals surface area (Å²) in [6.45, 7) is 1.46. The largest absolute Gasteiger partial charge is 0.480 e. The van der Waals surface area contributed by atoms with Crippen molar-refractivity contribution in [3.63, 3.8) is 0 Å². The summed E-state index contributed by atoms with van der Waals surface area (Å²) in [4.78, 5) is 23.6. The first-order valence-corrected chi connectivity index (χ1v) is 6.02. The van der Waals surface area contributed by atoms with E-state index < -0.39 is 18.0 Å². The van der Waals surface area contributed by atoms with Gasteiger partial charge < -0.3 is 15.3 Å². The quantitative estimate of drug-likeness (QED) is 0.823. The van der Waals surface area contributed by atoms with Gasteiger partial charge in [0.05, 0.1) is 5.69 Å². The molecule has 5 nitrogen and oxygen atoms in total. The molecule has 2 amide bonds. The summed E-state index contributed by atoms with van der Waals surface area (Å²) in [5, 5.41) is 11.5. The number of nitrogens with zero attached hydrogens (tertiary/aromatic N) is 1. The van der Waals surface area contributed by atoms with Crippen molar-refractivity contribution in [2.45, 2.75) is 13.0 Å². The standard InChI is InChI=1S/C11H13IN2O3/c1-7(10(15)16)14(2)11(17)13-9-6-4-3-5-8(9)12/h3-7H,1-2H3,(H,13,17)(H,15,16). The maximum absolute atomic E-state index is 11.8. The fourth-order valence-corrected chi connectivity index (χ4v) is 1.63. The normalized spacial score (nSPS) is 11.7. The molecule has 0 aliphatic heterocycles. The Labute approximate surface area is 113 Å². The average Bonchev–Trinajstić information content (AvgIpc) is 2.30. The number of benzene rings is 1. The summed E-state index contributed by atoms with van der Waals surface area (Å²) in [5.41, 5.74) is 0.669. The van der Waals surface area contributed by atoms with E-state index in [0.29, 0.717) is 5.69 Å². The molecule has 1 atom stereocenters. The lowest BCUT2D eigenvalue weighted by atomic mass is 10.3. The first kappa shape index (κ1) is 13.8. The van der Waals surface area contributed by atoms with Crippen LogP contribution >= 0.6 is 22.6 Å². The molecular weight excluding hydrogens is 335 g/mol. The van der Waals surface area contributed by atoms with Gasteiger partial charge in [-0.2, -0.15) is 0 Å². The number of amides is 2. The van der Waals surface area contributed by atoms with Crippen LogP contribution in [-0.2, 0) is 4.79 Å². The van der Waals surface area contributed by atoms with E-state index in [9.17, 15) is 9.59 Å². The number of para-hydroxylation sites is 1. The molecule has 0 saturated heterocycles. The minimum atomic E-state index is -1.04. The van der Waals surface area contributed by atoms with Crippen LogP contribution in [0.4, 0.5) is 10.5 Å². The van der Waals surface area contributed by atoms with Crippen LogP contribution in [0.15, 0.2) is 24.3 Å². The molecule has 0 aliphatic rings. The van der Waals surface area contributed by atoms with E-state index in [1.165, 1.54) is 14.0 Å². The second-order valence-electron chi connectivity index (χ2n) is 3.54. The number of hydrogen-bond donors (Lipinski definition) is 2. The molecule has 0 radical (unpaired) electrons. The van der Waals surface area contributed by atoms with Crippen LogP contribution < -0.4 is 5.32 Å². The van der Waals surface area contributed by atoms with Crippen molar-refractivity contribution in [3.05, 3.63) is 27.8 Å². The van der Waals surface area contributed by atoms with Crippen LogP contribution in [0, 0.1) is 3.57 Å². The smallest absolute Gasteiger partial charge is 0.326 e. The maximum Gasteiger partial charge on any atom is 0.326 e. The van der Waals surface area contributed by atoms with Gasteiger partial charge in [0.15, 0.2) is 0 Å². The summed E-state index contributed by atoms with van der Waals surface area (Å²) >= 11 is 2.10. The molecule has 0 heterocycles. The third-order valence-corrected chi connectivity index (χ3v) is 3.31. The third-order valence-electron chi connectivity index (χ3n) is 2.37. The van der Waals surface area contributed by atoms with E-state index in [4.69, 9.17) is 5.11 Å². The van der Waals surface area contributed by atoms with Crippen molar-refractivity contribution in [2.75, 3.05) is 12.4 Å². The molecule has 0 spiro atoms. The van der Waals surface area contributed by atoms with E-state index in [-0.39, 0.29) is 0 Å². The Hall–Kier alpha value is -1.31. The van der Waals surface area contributed by atoms with Gasteiger partial charge in [0.25, 0.3) is 0 Å². The molecule has 0 aliphatic carbocycles. The first-order valence-electron chi connectivity index (χ1n) is 4.94. The van der Waals surface area contributed by atoms with Gasteiger partial charge in [0, 0.05) is 10.6 Å². The van der Waals surface area contributed by atoms with Crippen molar-refractivity contribution in [2.24, 2.45) is 0 Å². The van der Waals surface area contributed by atoms with Gasteiger partial charge in [0.2, 0.25) is 0 Å². The Morgan fingerprint density at radius 2 is 2.00 bits per heavy atom.